The molecule has 2 heteroatoms. The molecule has 1 aliphatic heterocycles. The Balaban J connectivity index is 1.63. The van der Waals surface area contributed by atoms with E-state index in [-0.39, 0.29) is 0 Å². The van der Waals surface area contributed by atoms with E-state index in [1.54, 1.807) is 0 Å². The Morgan fingerprint density at radius 2 is 2.07 bits per heavy atom. The molecule has 1 spiro atoms. The maximum absolute atomic E-state index is 3.65. The van der Waals surface area contributed by atoms with Gasteiger partial charge >= 0.3 is 0 Å². The first-order chi connectivity index (χ1) is 6.81. The van der Waals surface area contributed by atoms with Gasteiger partial charge in [-0.1, -0.05) is 15.9 Å². The highest BCUT2D eigenvalue weighted by molar-refractivity contribution is 9.09. The Labute approximate surface area is 95.4 Å². The predicted molar refractivity (Wildman–Crippen MR) is 62.8 cm³/mol. The number of halogens is 1. The van der Waals surface area contributed by atoms with Crippen molar-refractivity contribution in [3.05, 3.63) is 0 Å². The van der Waals surface area contributed by atoms with Gasteiger partial charge in [0.05, 0.1) is 0 Å². The van der Waals surface area contributed by atoms with Crippen molar-refractivity contribution in [1.29, 1.82) is 0 Å². The van der Waals surface area contributed by atoms with Crippen molar-refractivity contribution in [1.82, 2.24) is 4.90 Å². The van der Waals surface area contributed by atoms with Crippen molar-refractivity contribution in [2.45, 2.75) is 44.6 Å². The summed E-state index contributed by atoms with van der Waals surface area (Å²) in [6.45, 7) is 2.83. The lowest BCUT2D eigenvalue weighted by atomic mass is 9.85. The molecule has 0 aromatic carbocycles. The fourth-order valence-electron chi connectivity index (χ4n) is 3.55. The summed E-state index contributed by atoms with van der Waals surface area (Å²) in [6, 6.07) is 0.998. The first kappa shape index (κ1) is 9.65. The lowest BCUT2D eigenvalue weighted by Gasteiger charge is -2.24. The van der Waals surface area contributed by atoms with Crippen molar-refractivity contribution in [2.75, 3.05) is 18.4 Å². The smallest absolute Gasteiger partial charge is 0.00966 e. The molecular formula is C12H20BrN. The minimum atomic E-state index is 0.751. The van der Waals surface area contributed by atoms with Crippen LogP contribution in [-0.4, -0.2) is 29.4 Å². The van der Waals surface area contributed by atoms with Crippen LogP contribution in [0.5, 0.6) is 0 Å². The van der Waals surface area contributed by atoms with Gasteiger partial charge in [0.1, 0.15) is 0 Å². The van der Waals surface area contributed by atoms with Gasteiger partial charge in [-0.15, -0.1) is 0 Å². The Hall–Kier alpha value is 0.440. The van der Waals surface area contributed by atoms with Crippen molar-refractivity contribution >= 4 is 15.9 Å². The summed E-state index contributed by atoms with van der Waals surface area (Å²) in [5.41, 5.74) is 0.751. The third kappa shape index (κ3) is 1.65. The summed E-state index contributed by atoms with van der Waals surface area (Å²) in [6.07, 6.45) is 8.95. The molecule has 1 saturated heterocycles. The Morgan fingerprint density at radius 3 is 2.71 bits per heavy atom. The molecule has 2 aliphatic carbocycles. The molecule has 14 heavy (non-hydrogen) atoms. The van der Waals surface area contributed by atoms with Gasteiger partial charge in [-0.2, -0.15) is 0 Å². The highest BCUT2D eigenvalue weighted by atomic mass is 79.9. The fraction of sp³-hybridized carbons (Fsp3) is 1.00. The summed E-state index contributed by atoms with van der Waals surface area (Å²) in [4.78, 5) is 2.77. The van der Waals surface area contributed by atoms with E-state index in [0.29, 0.717) is 0 Å². The van der Waals surface area contributed by atoms with E-state index in [9.17, 15) is 0 Å². The number of likely N-dealkylation sites (tertiary alicyclic amines) is 1. The molecule has 1 heterocycles. The average Bonchev–Trinajstić information content (AvgIpc) is 2.87. The van der Waals surface area contributed by atoms with E-state index >= 15 is 0 Å². The van der Waals surface area contributed by atoms with Gasteiger partial charge in [0.2, 0.25) is 0 Å². The second kappa shape index (κ2) is 3.48. The summed E-state index contributed by atoms with van der Waals surface area (Å²) < 4.78 is 0. The zero-order chi connectivity index (χ0) is 9.60. The van der Waals surface area contributed by atoms with E-state index in [1.165, 1.54) is 56.9 Å². The number of hydrogen-bond donors (Lipinski definition) is 0. The van der Waals surface area contributed by atoms with Crippen LogP contribution in [0.15, 0.2) is 0 Å². The minimum absolute atomic E-state index is 0.751. The molecule has 0 amide bonds. The molecule has 80 valence electrons. The van der Waals surface area contributed by atoms with Gasteiger partial charge in [0, 0.05) is 17.9 Å². The largest absolute Gasteiger partial charge is 0.300 e. The zero-order valence-corrected chi connectivity index (χ0v) is 10.4. The minimum Gasteiger partial charge on any atom is -0.300 e. The predicted octanol–water partition coefficient (Wildman–Crippen LogP) is 3.04. The third-order valence-corrected chi connectivity index (χ3v) is 5.47. The number of hydrogen-bond acceptors (Lipinski definition) is 1. The second-order valence-electron chi connectivity index (χ2n) is 5.71. The van der Waals surface area contributed by atoms with Crippen LogP contribution in [0, 0.1) is 11.3 Å². The first-order valence-corrected chi connectivity index (χ1v) is 7.23. The lowest BCUT2D eigenvalue weighted by molar-refractivity contribution is 0.250. The van der Waals surface area contributed by atoms with Crippen LogP contribution in [0.3, 0.4) is 0 Å². The van der Waals surface area contributed by atoms with E-state index in [1.807, 2.05) is 0 Å². The number of rotatable bonds is 2. The van der Waals surface area contributed by atoms with Gasteiger partial charge in [0.15, 0.2) is 0 Å². The molecule has 2 saturated carbocycles. The summed E-state index contributed by atoms with van der Waals surface area (Å²) in [5, 5.41) is 1.23. The lowest BCUT2D eigenvalue weighted by Crippen LogP contribution is -2.27. The van der Waals surface area contributed by atoms with Gasteiger partial charge in [0.25, 0.3) is 0 Å². The number of alkyl halides is 1. The van der Waals surface area contributed by atoms with Crippen molar-refractivity contribution in [2.24, 2.45) is 11.3 Å². The van der Waals surface area contributed by atoms with Crippen molar-refractivity contribution in [3.63, 3.8) is 0 Å². The molecule has 0 unspecified atom stereocenters. The van der Waals surface area contributed by atoms with Crippen LogP contribution in [0.2, 0.25) is 0 Å². The Morgan fingerprint density at radius 1 is 1.21 bits per heavy atom. The normalized spacial score (nSPS) is 43.9. The molecular weight excluding hydrogens is 238 g/mol. The zero-order valence-electron chi connectivity index (χ0n) is 8.84. The Bertz CT molecular complexity index is 226. The van der Waals surface area contributed by atoms with E-state index < -0.39 is 0 Å². The molecule has 3 aliphatic rings. The van der Waals surface area contributed by atoms with E-state index in [0.717, 1.165) is 17.4 Å². The quantitative estimate of drug-likeness (QED) is 0.688. The molecule has 0 bridgehead atoms. The maximum Gasteiger partial charge on any atom is 0.00966 e. The van der Waals surface area contributed by atoms with Gasteiger partial charge in [-0.05, 0) is 56.4 Å². The van der Waals surface area contributed by atoms with Crippen molar-refractivity contribution in [3.8, 4) is 0 Å². The SMILES string of the molecule is BrC[C@@H]1CC[C@]2(CCN(C3CC3)C2)C1. The summed E-state index contributed by atoms with van der Waals surface area (Å²) in [7, 11) is 0. The standard InChI is InChI=1S/C12H20BrN/c13-8-10-3-4-12(7-10)5-6-14(9-12)11-1-2-11/h10-11H,1-9H2/t10-,12+/m1/s1. The van der Waals surface area contributed by atoms with Crippen LogP contribution in [-0.2, 0) is 0 Å². The molecule has 0 radical (unpaired) electrons. The van der Waals surface area contributed by atoms with Crippen LogP contribution in [0.4, 0.5) is 0 Å². The van der Waals surface area contributed by atoms with E-state index in [4.69, 9.17) is 0 Å². The molecule has 2 atom stereocenters. The van der Waals surface area contributed by atoms with Gasteiger partial charge in [-0.25, -0.2) is 0 Å². The van der Waals surface area contributed by atoms with Crippen LogP contribution in [0.1, 0.15) is 38.5 Å². The Kier molecular flexibility index (Phi) is 2.40. The topological polar surface area (TPSA) is 3.24 Å². The number of nitrogens with zero attached hydrogens (tertiary/aromatic N) is 1. The molecule has 0 aromatic heterocycles. The van der Waals surface area contributed by atoms with Crippen LogP contribution < -0.4 is 0 Å². The first-order valence-electron chi connectivity index (χ1n) is 6.11. The summed E-state index contributed by atoms with van der Waals surface area (Å²) in [5.74, 6) is 0.981. The van der Waals surface area contributed by atoms with Gasteiger partial charge < -0.3 is 0 Å². The van der Waals surface area contributed by atoms with Gasteiger partial charge in [-0.3, -0.25) is 4.90 Å². The van der Waals surface area contributed by atoms with Crippen LogP contribution >= 0.6 is 15.9 Å². The average molecular weight is 258 g/mol. The second-order valence-corrected chi connectivity index (χ2v) is 6.36. The fourth-order valence-corrected chi connectivity index (χ4v) is 4.10. The molecule has 0 N–H and O–H groups in total. The van der Waals surface area contributed by atoms with Crippen LogP contribution in [0.25, 0.3) is 0 Å². The summed E-state index contributed by atoms with van der Waals surface area (Å²) >= 11 is 3.65. The molecule has 0 aromatic rings. The third-order valence-electron chi connectivity index (χ3n) is 4.55. The highest BCUT2D eigenvalue weighted by Gasteiger charge is 2.46. The monoisotopic (exact) mass is 257 g/mol. The van der Waals surface area contributed by atoms with E-state index in [2.05, 4.69) is 20.8 Å². The highest BCUT2D eigenvalue weighted by Crippen LogP contribution is 2.50. The van der Waals surface area contributed by atoms with Crippen molar-refractivity contribution < 1.29 is 0 Å². The molecule has 3 fully saturated rings. The maximum atomic E-state index is 3.65. The molecule has 1 nitrogen and oxygen atoms in total. The molecule has 3 rings (SSSR count).